The number of benzene rings is 1. The van der Waals surface area contributed by atoms with E-state index in [-0.39, 0.29) is 0 Å². The first-order chi connectivity index (χ1) is 21.9. The molecule has 0 fully saturated rings. The molecule has 0 spiro atoms. The van der Waals surface area contributed by atoms with E-state index in [4.69, 9.17) is 9.97 Å². The van der Waals surface area contributed by atoms with E-state index < -0.39 is 36.8 Å². The normalized spacial score (nSPS) is 14.1. The summed E-state index contributed by atoms with van der Waals surface area (Å²) in [6, 6.07) is 9.69. The molecule has 46 heavy (non-hydrogen) atoms. The molecule has 4 heterocycles. The number of nitrogens with zero attached hydrogens (tertiary/aromatic N) is 2. The van der Waals surface area contributed by atoms with E-state index >= 15 is 0 Å². The van der Waals surface area contributed by atoms with Crippen LogP contribution in [0.2, 0.25) is 29.6 Å². The van der Waals surface area contributed by atoms with E-state index in [9.17, 15) is 0 Å². The van der Waals surface area contributed by atoms with E-state index in [0.717, 1.165) is 11.8 Å². The third-order valence-corrected chi connectivity index (χ3v) is 31.3. The fraction of sp³-hybridized carbons (Fsp3) is 0.579. The summed E-state index contributed by atoms with van der Waals surface area (Å²) in [4.78, 5) is 32.2. The molecule has 2 atom stereocenters. The van der Waals surface area contributed by atoms with Crippen molar-refractivity contribution in [1.29, 1.82) is 0 Å². The SMILES string of the molecule is CCCCC(CC)Cc1ccc(-c2c3n[c]([Sn]([CH3])([CH3])[CH3])sc3c(-c3ccc(CC(CC)CCCC)s3)c3n[c]([Sn]([CH3])([CH3])[CH3])sc23)s1. The Morgan fingerprint density at radius 2 is 0.957 bits per heavy atom. The van der Waals surface area contributed by atoms with Crippen molar-refractivity contribution in [2.45, 2.75) is 122 Å². The minimum atomic E-state index is -2.45. The van der Waals surface area contributed by atoms with Crippen molar-refractivity contribution in [3.05, 3.63) is 34.0 Å². The van der Waals surface area contributed by atoms with Gasteiger partial charge in [0.25, 0.3) is 0 Å². The van der Waals surface area contributed by atoms with Gasteiger partial charge in [-0.25, -0.2) is 0 Å². The maximum absolute atomic E-state index is 5.62. The van der Waals surface area contributed by atoms with Gasteiger partial charge in [-0.3, -0.25) is 0 Å². The van der Waals surface area contributed by atoms with E-state index in [2.05, 4.69) is 81.6 Å². The second kappa shape index (κ2) is 15.9. The molecule has 0 aliphatic rings. The summed E-state index contributed by atoms with van der Waals surface area (Å²) in [6.45, 7) is 9.38. The molecule has 0 saturated heterocycles. The first kappa shape index (κ1) is 37.3. The van der Waals surface area contributed by atoms with E-state index in [0.29, 0.717) is 0 Å². The topological polar surface area (TPSA) is 25.8 Å². The third-order valence-electron chi connectivity index (χ3n) is 9.35. The molecule has 2 nitrogen and oxygen atoms in total. The number of hydrogen-bond donors (Lipinski definition) is 0. The summed E-state index contributed by atoms with van der Waals surface area (Å²) >= 11 is 3.18. The Labute approximate surface area is 303 Å². The van der Waals surface area contributed by atoms with E-state index in [1.165, 1.54) is 121 Å². The Morgan fingerprint density at radius 3 is 1.28 bits per heavy atom. The molecule has 1 aromatic carbocycles. The van der Waals surface area contributed by atoms with Crippen molar-refractivity contribution in [3.63, 3.8) is 0 Å². The minimum absolute atomic E-state index is 0.780. The predicted octanol–water partition coefficient (Wildman–Crippen LogP) is 13.0. The molecular weight excluding hydrogens is 850 g/mol. The Hall–Kier alpha value is -0.00260. The van der Waals surface area contributed by atoms with Crippen LogP contribution in [0.15, 0.2) is 24.3 Å². The summed E-state index contributed by atoms with van der Waals surface area (Å²) in [5, 5.41) is 0. The molecular formula is C38H56N2S4Sn2. The maximum atomic E-state index is 5.62. The monoisotopic (exact) mass is 908 g/mol. The Kier molecular flexibility index (Phi) is 12.9. The zero-order valence-electron chi connectivity index (χ0n) is 30.1. The molecule has 0 saturated carbocycles. The van der Waals surface area contributed by atoms with Crippen LogP contribution >= 0.6 is 45.3 Å². The predicted molar refractivity (Wildman–Crippen MR) is 219 cm³/mol. The molecule has 0 radical (unpaired) electrons. The standard InChI is InChI=1S/C32H38N2S4.6CH3.2Sn/c1-5-9-11-21(7-3)17-23-13-15-25(37-23)27-29-32(36-19-33-29)28(30-31(27)35-20-34-30)26-16-14-24(38-26)18-22(8-4)12-10-6-2;;;;;;;;/h13-16,21-22H,5-12,17-18H2,1-4H3;6*1H3;;. The van der Waals surface area contributed by atoms with Gasteiger partial charge >= 0.3 is 293 Å². The zero-order chi connectivity index (χ0) is 33.2. The average Bonchev–Trinajstić information content (AvgIpc) is 3.81. The Bertz CT molecular complexity index is 1560. The third kappa shape index (κ3) is 8.47. The van der Waals surface area contributed by atoms with Gasteiger partial charge in [0.05, 0.1) is 0 Å². The molecule has 0 bridgehead atoms. The first-order valence-corrected chi connectivity index (χ1v) is 41.1. The van der Waals surface area contributed by atoms with Gasteiger partial charge in [-0.05, 0) is 0 Å². The summed E-state index contributed by atoms with van der Waals surface area (Å²) in [5.41, 5.74) is 5.27. The van der Waals surface area contributed by atoms with Gasteiger partial charge in [-0.2, -0.15) is 0 Å². The molecule has 0 amide bonds. The molecule has 5 aromatic rings. The van der Waals surface area contributed by atoms with Crippen molar-refractivity contribution in [2.24, 2.45) is 11.8 Å². The van der Waals surface area contributed by atoms with E-state index in [1.54, 1.807) is 0 Å². The van der Waals surface area contributed by atoms with Crippen LogP contribution in [-0.2, 0) is 12.8 Å². The number of hydrogen-bond acceptors (Lipinski definition) is 6. The summed E-state index contributed by atoms with van der Waals surface area (Å²) in [6.07, 6.45) is 12.9. The average molecular weight is 907 g/mol. The molecule has 0 aliphatic carbocycles. The van der Waals surface area contributed by atoms with Gasteiger partial charge in [0.1, 0.15) is 0 Å². The molecule has 8 heteroatoms. The van der Waals surface area contributed by atoms with Crippen LogP contribution in [-0.4, -0.2) is 46.7 Å². The Morgan fingerprint density at radius 1 is 0.565 bits per heavy atom. The van der Waals surface area contributed by atoms with Crippen LogP contribution in [0.4, 0.5) is 0 Å². The van der Waals surface area contributed by atoms with Gasteiger partial charge in [0, 0.05) is 0 Å². The van der Waals surface area contributed by atoms with Crippen molar-refractivity contribution in [3.8, 4) is 20.9 Å². The van der Waals surface area contributed by atoms with Crippen LogP contribution in [0.1, 0.15) is 88.8 Å². The van der Waals surface area contributed by atoms with Crippen molar-refractivity contribution < 1.29 is 0 Å². The quantitative estimate of drug-likeness (QED) is 0.0922. The van der Waals surface area contributed by atoms with Crippen LogP contribution < -0.4 is 6.05 Å². The first-order valence-electron chi connectivity index (χ1n) is 17.8. The van der Waals surface area contributed by atoms with Gasteiger partial charge in [0.2, 0.25) is 0 Å². The molecule has 2 unspecified atom stereocenters. The van der Waals surface area contributed by atoms with Crippen LogP contribution in [0.3, 0.4) is 0 Å². The number of thiazole rings is 2. The number of fused-ring (bicyclic) bond motifs is 2. The fourth-order valence-electron chi connectivity index (χ4n) is 6.33. The number of rotatable bonds is 16. The number of unbranched alkanes of at least 4 members (excludes halogenated alkanes) is 2. The molecule has 5 rings (SSSR count). The zero-order valence-corrected chi connectivity index (χ0v) is 39.0. The molecule has 4 aromatic heterocycles. The summed E-state index contributed by atoms with van der Waals surface area (Å²) < 4.78 is 5.65. The second-order valence-electron chi connectivity index (χ2n) is 15.4. The van der Waals surface area contributed by atoms with Crippen molar-refractivity contribution in [1.82, 2.24) is 9.97 Å². The van der Waals surface area contributed by atoms with Crippen molar-refractivity contribution in [2.75, 3.05) is 0 Å². The van der Waals surface area contributed by atoms with Gasteiger partial charge in [-0.15, -0.1) is 0 Å². The second-order valence-corrected chi connectivity index (χ2v) is 50.2. The fourth-order valence-corrected chi connectivity index (χ4v) is 20.7. The number of thiophene rings is 2. The molecule has 250 valence electrons. The Balaban J connectivity index is 1.71. The summed E-state index contributed by atoms with van der Waals surface area (Å²) in [5.74, 6) is 1.56. The molecule has 0 N–H and O–H groups in total. The van der Waals surface area contributed by atoms with Crippen molar-refractivity contribution >= 4 is 109 Å². The van der Waals surface area contributed by atoms with Crippen LogP contribution in [0, 0.1) is 11.8 Å². The summed E-state index contributed by atoms with van der Waals surface area (Å²) in [7, 11) is 0. The van der Waals surface area contributed by atoms with Gasteiger partial charge < -0.3 is 0 Å². The van der Waals surface area contributed by atoms with Crippen LogP contribution in [0.5, 0.6) is 0 Å². The van der Waals surface area contributed by atoms with Crippen LogP contribution in [0.25, 0.3) is 41.3 Å². The van der Waals surface area contributed by atoms with E-state index in [1.807, 2.05) is 45.3 Å². The number of aromatic nitrogens is 2. The molecule has 0 aliphatic heterocycles. The van der Waals surface area contributed by atoms with Gasteiger partial charge in [-0.1, -0.05) is 13.8 Å². The van der Waals surface area contributed by atoms with Gasteiger partial charge in [0.15, 0.2) is 0 Å².